The Morgan fingerprint density at radius 3 is 2.40 bits per heavy atom. The first-order valence-corrected chi connectivity index (χ1v) is 12.8. The predicted octanol–water partition coefficient (Wildman–Crippen LogP) is 3.60. The Balaban J connectivity index is 1.86. The first-order chi connectivity index (χ1) is 14.2. The summed E-state index contributed by atoms with van der Waals surface area (Å²) in [5.41, 5.74) is 2.96. The number of nitrogens with one attached hydrogen (secondary N) is 1. The summed E-state index contributed by atoms with van der Waals surface area (Å²) in [4.78, 5) is 12.3. The van der Waals surface area contributed by atoms with Crippen LogP contribution in [0.5, 0.6) is 5.75 Å². The number of hydrogen-bond donors (Lipinski definition) is 1. The molecule has 0 aromatic heterocycles. The van der Waals surface area contributed by atoms with Crippen LogP contribution >= 0.6 is 11.8 Å². The average molecular weight is 451 g/mol. The summed E-state index contributed by atoms with van der Waals surface area (Å²) in [5.74, 6) is 1.94. The molecule has 164 valence electrons. The number of nitrogens with zero attached hydrogens (tertiary/aromatic N) is 1. The van der Waals surface area contributed by atoms with Crippen molar-refractivity contribution in [2.75, 3.05) is 29.4 Å². The molecule has 2 aromatic carbocycles. The van der Waals surface area contributed by atoms with Crippen molar-refractivity contribution in [2.45, 2.75) is 32.6 Å². The van der Waals surface area contributed by atoms with Gasteiger partial charge in [-0.15, -0.1) is 0 Å². The highest BCUT2D eigenvalue weighted by molar-refractivity contribution is 7.98. The molecule has 0 radical (unpaired) electrons. The monoisotopic (exact) mass is 450 g/mol. The number of sulfonamides is 1. The number of rotatable bonds is 11. The number of amides is 1. The number of ether oxygens (including phenoxy) is 1. The summed E-state index contributed by atoms with van der Waals surface area (Å²) in [6.45, 7) is 6.14. The molecule has 1 amide bonds. The zero-order valence-corrected chi connectivity index (χ0v) is 19.6. The SMILES string of the molecule is Cc1ccccc1CSCCNC(=O)CN(c1ccc(OC(C)C)cc1)S(C)(=O)=O. The van der Waals surface area contributed by atoms with E-state index in [4.69, 9.17) is 4.74 Å². The van der Waals surface area contributed by atoms with Gasteiger partial charge in [0.2, 0.25) is 15.9 Å². The number of anilines is 1. The van der Waals surface area contributed by atoms with Gasteiger partial charge in [-0.25, -0.2) is 8.42 Å². The number of hydrogen-bond acceptors (Lipinski definition) is 5. The molecule has 1 N–H and O–H groups in total. The molecule has 0 unspecified atom stereocenters. The smallest absolute Gasteiger partial charge is 0.240 e. The summed E-state index contributed by atoms with van der Waals surface area (Å²) < 4.78 is 31.1. The van der Waals surface area contributed by atoms with Gasteiger partial charge in [-0.05, 0) is 56.2 Å². The van der Waals surface area contributed by atoms with Crippen molar-refractivity contribution in [2.24, 2.45) is 0 Å². The zero-order valence-electron chi connectivity index (χ0n) is 17.9. The van der Waals surface area contributed by atoms with Crippen LogP contribution in [0.4, 0.5) is 5.69 Å². The van der Waals surface area contributed by atoms with Crippen LogP contribution in [0.25, 0.3) is 0 Å². The molecule has 0 fully saturated rings. The Morgan fingerprint density at radius 2 is 1.80 bits per heavy atom. The summed E-state index contributed by atoms with van der Waals surface area (Å²) in [6, 6.07) is 14.9. The Bertz CT molecular complexity index is 928. The molecule has 0 aliphatic heterocycles. The van der Waals surface area contributed by atoms with Gasteiger partial charge in [0.05, 0.1) is 18.0 Å². The lowest BCUT2D eigenvalue weighted by molar-refractivity contribution is -0.119. The van der Waals surface area contributed by atoms with E-state index in [0.717, 1.165) is 22.1 Å². The first kappa shape index (κ1) is 24.1. The second-order valence-corrected chi connectivity index (χ2v) is 10.3. The molecule has 0 aliphatic carbocycles. The fraction of sp³-hybridized carbons (Fsp3) is 0.409. The molecule has 0 heterocycles. The van der Waals surface area contributed by atoms with Gasteiger partial charge in [-0.1, -0.05) is 24.3 Å². The van der Waals surface area contributed by atoms with Gasteiger partial charge >= 0.3 is 0 Å². The highest BCUT2D eigenvalue weighted by atomic mass is 32.2. The molecule has 0 saturated heterocycles. The van der Waals surface area contributed by atoms with Crippen molar-refractivity contribution >= 4 is 33.4 Å². The van der Waals surface area contributed by atoms with Gasteiger partial charge in [-0.3, -0.25) is 9.10 Å². The lowest BCUT2D eigenvalue weighted by Gasteiger charge is -2.22. The van der Waals surface area contributed by atoms with Crippen LogP contribution in [0, 0.1) is 6.92 Å². The molecule has 8 heteroatoms. The summed E-state index contributed by atoms with van der Waals surface area (Å²) in [7, 11) is -3.60. The van der Waals surface area contributed by atoms with E-state index in [1.165, 1.54) is 11.1 Å². The molecule has 0 bridgehead atoms. The maximum absolute atomic E-state index is 12.3. The van der Waals surface area contributed by atoms with E-state index in [1.54, 1.807) is 36.0 Å². The Hall–Kier alpha value is -2.19. The number of benzene rings is 2. The van der Waals surface area contributed by atoms with Gasteiger partial charge in [-0.2, -0.15) is 11.8 Å². The van der Waals surface area contributed by atoms with Crippen molar-refractivity contribution in [1.82, 2.24) is 5.32 Å². The summed E-state index contributed by atoms with van der Waals surface area (Å²) in [6.07, 6.45) is 1.12. The summed E-state index contributed by atoms with van der Waals surface area (Å²) >= 11 is 1.73. The van der Waals surface area contributed by atoms with E-state index in [2.05, 4.69) is 24.4 Å². The average Bonchev–Trinajstić information content (AvgIpc) is 2.67. The van der Waals surface area contributed by atoms with Gasteiger partial charge in [0.15, 0.2) is 0 Å². The zero-order chi connectivity index (χ0) is 22.1. The molecular formula is C22H30N2O4S2. The van der Waals surface area contributed by atoms with Crippen molar-refractivity contribution in [3.63, 3.8) is 0 Å². The third-order valence-corrected chi connectivity index (χ3v) is 6.42. The van der Waals surface area contributed by atoms with Gasteiger partial charge < -0.3 is 10.1 Å². The van der Waals surface area contributed by atoms with Gasteiger partial charge in [0.25, 0.3) is 0 Å². The van der Waals surface area contributed by atoms with E-state index in [0.29, 0.717) is 18.0 Å². The quantitative estimate of drug-likeness (QED) is 0.530. The number of aryl methyl sites for hydroxylation is 1. The molecule has 0 spiro atoms. The van der Waals surface area contributed by atoms with E-state index in [1.807, 2.05) is 26.0 Å². The first-order valence-electron chi connectivity index (χ1n) is 9.80. The number of carbonyl (C=O) groups is 1. The molecule has 0 aliphatic rings. The predicted molar refractivity (Wildman–Crippen MR) is 125 cm³/mol. The van der Waals surface area contributed by atoms with E-state index < -0.39 is 10.0 Å². The van der Waals surface area contributed by atoms with E-state index in [9.17, 15) is 13.2 Å². The fourth-order valence-corrected chi connectivity index (χ4v) is 4.56. The van der Waals surface area contributed by atoms with Crippen LogP contribution in [-0.4, -0.2) is 45.5 Å². The lowest BCUT2D eigenvalue weighted by Crippen LogP contribution is -2.41. The Labute approximate surface area is 184 Å². The normalized spacial score (nSPS) is 11.4. The highest BCUT2D eigenvalue weighted by Crippen LogP contribution is 2.22. The summed E-state index contributed by atoms with van der Waals surface area (Å²) in [5, 5.41) is 2.80. The van der Waals surface area contributed by atoms with Crippen LogP contribution in [-0.2, 0) is 20.6 Å². The van der Waals surface area contributed by atoms with Crippen LogP contribution in [0.15, 0.2) is 48.5 Å². The van der Waals surface area contributed by atoms with Gasteiger partial charge in [0, 0.05) is 18.1 Å². The molecule has 0 saturated carbocycles. The van der Waals surface area contributed by atoms with Crippen molar-refractivity contribution in [1.29, 1.82) is 0 Å². The number of carbonyl (C=O) groups excluding carboxylic acids is 1. The molecule has 6 nitrogen and oxygen atoms in total. The second kappa shape index (κ2) is 11.3. The topological polar surface area (TPSA) is 75.7 Å². The standard InChI is InChI=1S/C22H30N2O4S2/c1-17(2)28-21-11-9-20(10-12-21)24(30(4,26)27)15-22(25)23-13-14-29-16-19-8-6-5-7-18(19)3/h5-12,17H,13-16H2,1-4H3,(H,23,25). The minimum Gasteiger partial charge on any atom is -0.491 e. The molecule has 30 heavy (non-hydrogen) atoms. The maximum atomic E-state index is 12.3. The minimum absolute atomic E-state index is 0.0244. The molecule has 0 atom stereocenters. The van der Waals surface area contributed by atoms with Crippen LogP contribution in [0.2, 0.25) is 0 Å². The molecule has 2 rings (SSSR count). The van der Waals surface area contributed by atoms with Gasteiger partial charge in [0.1, 0.15) is 12.3 Å². The Kier molecular flexibility index (Phi) is 9.05. The van der Waals surface area contributed by atoms with Crippen molar-refractivity contribution in [3.8, 4) is 5.75 Å². The van der Waals surface area contributed by atoms with Crippen LogP contribution in [0.3, 0.4) is 0 Å². The minimum atomic E-state index is -3.60. The fourth-order valence-electron chi connectivity index (χ4n) is 2.77. The van der Waals surface area contributed by atoms with Crippen molar-refractivity contribution < 1.29 is 17.9 Å². The molecular weight excluding hydrogens is 420 g/mol. The molecule has 2 aromatic rings. The maximum Gasteiger partial charge on any atom is 0.240 e. The van der Waals surface area contributed by atoms with E-state index in [-0.39, 0.29) is 18.6 Å². The highest BCUT2D eigenvalue weighted by Gasteiger charge is 2.20. The largest absolute Gasteiger partial charge is 0.491 e. The third-order valence-electron chi connectivity index (χ3n) is 4.27. The third kappa shape index (κ3) is 7.91. The van der Waals surface area contributed by atoms with Crippen LogP contribution < -0.4 is 14.4 Å². The second-order valence-electron chi connectivity index (χ2n) is 7.26. The van der Waals surface area contributed by atoms with Crippen LogP contribution in [0.1, 0.15) is 25.0 Å². The van der Waals surface area contributed by atoms with Crippen molar-refractivity contribution in [3.05, 3.63) is 59.7 Å². The lowest BCUT2D eigenvalue weighted by atomic mass is 10.1. The Morgan fingerprint density at radius 1 is 1.13 bits per heavy atom. The number of thioether (sulfide) groups is 1. The van der Waals surface area contributed by atoms with E-state index >= 15 is 0 Å².